The predicted octanol–water partition coefficient (Wildman–Crippen LogP) is 2.48. The lowest BCUT2D eigenvalue weighted by Crippen LogP contribution is -2.27. The normalized spacial score (nSPS) is 13.5. The van der Waals surface area contributed by atoms with Crippen LogP contribution >= 0.6 is 0 Å². The molecule has 0 N–H and O–H groups in total. The van der Waals surface area contributed by atoms with Gasteiger partial charge in [0.25, 0.3) is 0 Å². The summed E-state index contributed by atoms with van der Waals surface area (Å²) in [6.07, 6.45) is 2.07. The summed E-state index contributed by atoms with van der Waals surface area (Å²) in [5.41, 5.74) is 1.37. The first-order chi connectivity index (χ1) is 10.3. The summed E-state index contributed by atoms with van der Waals surface area (Å²) in [6, 6.07) is 5.43. The van der Waals surface area contributed by atoms with E-state index in [1.807, 2.05) is 32.9 Å². The molecular weight excluding hydrogens is 282 g/mol. The van der Waals surface area contributed by atoms with Crippen molar-refractivity contribution in [2.45, 2.75) is 32.8 Å². The summed E-state index contributed by atoms with van der Waals surface area (Å²) in [5.74, 6) is 0.0788. The fourth-order valence-electron chi connectivity index (χ4n) is 2.32. The molecule has 0 saturated carbocycles. The van der Waals surface area contributed by atoms with E-state index in [1.54, 1.807) is 11.0 Å². The van der Waals surface area contributed by atoms with Gasteiger partial charge >= 0.3 is 5.97 Å². The van der Waals surface area contributed by atoms with Gasteiger partial charge in [0.1, 0.15) is 11.4 Å². The molecule has 0 aromatic heterocycles. The standard InChI is InChI=1S/C17H21NO4/c1-5-15(19)18-9-8-12-10-13(6-7-14(12)18)21-11-16(20)22-17(2,3)4/h5-7,10H,1,8-9,11H2,2-4H3. The van der Waals surface area contributed by atoms with Gasteiger partial charge in [0.05, 0.1) is 0 Å². The van der Waals surface area contributed by atoms with Crippen LogP contribution in [0.15, 0.2) is 30.9 Å². The summed E-state index contributed by atoms with van der Waals surface area (Å²) in [7, 11) is 0. The van der Waals surface area contributed by atoms with Crippen molar-refractivity contribution in [3.63, 3.8) is 0 Å². The van der Waals surface area contributed by atoms with E-state index >= 15 is 0 Å². The van der Waals surface area contributed by atoms with Crippen LogP contribution in [0.4, 0.5) is 5.69 Å². The van der Waals surface area contributed by atoms with Gasteiger partial charge in [-0.3, -0.25) is 4.79 Å². The average Bonchev–Trinajstić information content (AvgIpc) is 2.85. The minimum atomic E-state index is -0.524. The Morgan fingerprint density at radius 3 is 2.73 bits per heavy atom. The van der Waals surface area contributed by atoms with Crippen molar-refractivity contribution >= 4 is 17.6 Å². The zero-order valence-electron chi connectivity index (χ0n) is 13.2. The Morgan fingerprint density at radius 1 is 1.36 bits per heavy atom. The Balaban J connectivity index is 2.00. The highest BCUT2D eigenvalue weighted by molar-refractivity contribution is 6.02. The second kappa shape index (κ2) is 6.22. The number of amides is 1. The Hall–Kier alpha value is -2.30. The number of carbonyl (C=O) groups is 2. The van der Waals surface area contributed by atoms with Crippen LogP contribution in [0.2, 0.25) is 0 Å². The van der Waals surface area contributed by atoms with Crippen LogP contribution in [0, 0.1) is 0 Å². The molecule has 118 valence electrons. The second-order valence-corrected chi connectivity index (χ2v) is 6.11. The van der Waals surface area contributed by atoms with E-state index in [0.29, 0.717) is 12.3 Å². The molecule has 0 radical (unpaired) electrons. The third kappa shape index (κ3) is 3.87. The van der Waals surface area contributed by atoms with Crippen molar-refractivity contribution in [1.29, 1.82) is 0 Å². The molecule has 1 heterocycles. The molecule has 1 amide bonds. The van der Waals surface area contributed by atoms with E-state index < -0.39 is 11.6 Å². The first-order valence-corrected chi connectivity index (χ1v) is 7.21. The van der Waals surface area contributed by atoms with Gasteiger partial charge in [-0.25, -0.2) is 4.79 Å². The Bertz CT molecular complexity index is 601. The number of rotatable bonds is 4. The predicted molar refractivity (Wildman–Crippen MR) is 84.0 cm³/mol. The molecular formula is C17H21NO4. The highest BCUT2D eigenvalue weighted by Gasteiger charge is 2.23. The van der Waals surface area contributed by atoms with Crippen LogP contribution < -0.4 is 9.64 Å². The molecule has 0 fully saturated rings. The molecule has 0 bridgehead atoms. The maximum atomic E-state index is 11.7. The topological polar surface area (TPSA) is 55.8 Å². The van der Waals surface area contributed by atoms with E-state index in [1.165, 1.54) is 6.08 Å². The highest BCUT2D eigenvalue weighted by atomic mass is 16.6. The van der Waals surface area contributed by atoms with Gasteiger partial charge in [0.2, 0.25) is 5.91 Å². The van der Waals surface area contributed by atoms with Crippen LogP contribution in [-0.4, -0.2) is 30.6 Å². The van der Waals surface area contributed by atoms with E-state index in [2.05, 4.69) is 6.58 Å². The molecule has 1 aromatic carbocycles. The molecule has 5 nitrogen and oxygen atoms in total. The van der Waals surface area contributed by atoms with Crippen LogP contribution in [0.3, 0.4) is 0 Å². The van der Waals surface area contributed by atoms with Gasteiger partial charge in [0, 0.05) is 12.2 Å². The summed E-state index contributed by atoms with van der Waals surface area (Å²) >= 11 is 0. The number of fused-ring (bicyclic) bond motifs is 1. The highest BCUT2D eigenvalue weighted by Crippen LogP contribution is 2.31. The van der Waals surface area contributed by atoms with Crippen LogP contribution in [0.5, 0.6) is 5.75 Å². The SMILES string of the molecule is C=CC(=O)N1CCc2cc(OCC(=O)OC(C)(C)C)ccc21. The molecule has 22 heavy (non-hydrogen) atoms. The molecule has 1 aliphatic heterocycles. The molecule has 5 heteroatoms. The molecule has 0 aliphatic carbocycles. The van der Waals surface area contributed by atoms with Gasteiger partial charge in [-0.2, -0.15) is 0 Å². The fraction of sp³-hybridized carbons (Fsp3) is 0.412. The Kier molecular flexibility index (Phi) is 4.54. The minimum Gasteiger partial charge on any atom is -0.482 e. The maximum Gasteiger partial charge on any atom is 0.344 e. The number of carbonyl (C=O) groups excluding carboxylic acids is 2. The molecule has 0 saturated heterocycles. The molecule has 0 unspecified atom stereocenters. The lowest BCUT2D eigenvalue weighted by molar-refractivity contribution is -0.157. The summed E-state index contributed by atoms with van der Waals surface area (Å²) in [4.78, 5) is 25.0. The number of benzene rings is 1. The van der Waals surface area contributed by atoms with E-state index in [4.69, 9.17) is 9.47 Å². The lowest BCUT2D eigenvalue weighted by Gasteiger charge is -2.19. The first-order valence-electron chi connectivity index (χ1n) is 7.21. The van der Waals surface area contributed by atoms with Gasteiger partial charge in [-0.1, -0.05) is 6.58 Å². The van der Waals surface area contributed by atoms with Crippen molar-refractivity contribution in [2.75, 3.05) is 18.1 Å². The van der Waals surface area contributed by atoms with Crippen LogP contribution in [0.25, 0.3) is 0 Å². The quantitative estimate of drug-likeness (QED) is 0.633. The summed E-state index contributed by atoms with van der Waals surface area (Å²) < 4.78 is 10.7. The van der Waals surface area contributed by atoms with Gasteiger partial charge < -0.3 is 14.4 Å². The third-order valence-corrected chi connectivity index (χ3v) is 3.16. The zero-order chi connectivity index (χ0) is 16.3. The minimum absolute atomic E-state index is 0.110. The van der Waals surface area contributed by atoms with Gasteiger partial charge in [-0.05, 0) is 57.0 Å². The molecule has 2 rings (SSSR count). The lowest BCUT2D eigenvalue weighted by atomic mass is 10.1. The molecule has 1 aliphatic rings. The summed E-state index contributed by atoms with van der Waals surface area (Å²) in [5, 5.41) is 0. The maximum absolute atomic E-state index is 11.7. The number of ether oxygens (including phenoxy) is 2. The fourth-order valence-corrected chi connectivity index (χ4v) is 2.32. The number of nitrogens with zero attached hydrogens (tertiary/aromatic N) is 1. The summed E-state index contributed by atoms with van der Waals surface area (Å²) in [6.45, 7) is 9.44. The Labute approximate surface area is 130 Å². The molecule has 1 aromatic rings. The van der Waals surface area contributed by atoms with Crippen molar-refractivity contribution < 1.29 is 19.1 Å². The Morgan fingerprint density at radius 2 is 2.09 bits per heavy atom. The van der Waals surface area contributed by atoms with Gasteiger partial charge in [0.15, 0.2) is 6.61 Å². The van der Waals surface area contributed by atoms with E-state index in [0.717, 1.165) is 17.7 Å². The average molecular weight is 303 g/mol. The van der Waals surface area contributed by atoms with Crippen molar-refractivity contribution in [3.05, 3.63) is 36.4 Å². The third-order valence-electron chi connectivity index (χ3n) is 3.16. The first kappa shape index (κ1) is 16.1. The number of hydrogen-bond donors (Lipinski definition) is 0. The molecule has 0 spiro atoms. The largest absolute Gasteiger partial charge is 0.482 e. The number of hydrogen-bond acceptors (Lipinski definition) is 4. The zero-order valence-corrected chi connectivity index (χ0v) is 13.2. The van der Waals surface area contributed by atoms with Crippen molar-refractivity contribution in [3.8, 4) is 5.75 Å². The monoisotopic (exact) mass is 303 g/mol. The van der Waals surface area contributed by atoms with Crippen LogP contribution in [0.1, 0.15) is 26.3 Å². The van der Waals surface area contributed by atoms with Crippen molar-refractivity contribution in [2.24, 2.45) is 0 Å². The molecule has 0 atom stereocenters. The van der Waals surface area contributed by atoms with Crippen molar-refractivity contribution in [1.82, 2.24) is 0 Å². The van der Waals surface area contributed by atoms with Crippen LogP contribution in [-0.2, 0) is 20.7 Å². The van der Waals surface area contributed by atoms with E-state index in [9.17, 15) is 9.59 Å². The second-order valence-electron chi connectivity index (χ2n) is 6.11. The number of esters is 1. The number of anilines is 1. The smallest absolute Gasteiger partial charge is 0.344 e. The van der Waals surface area contributed by atoms with Gasteiger partial charge in [-0.15, -0.1) is 0 Å². The van der Waals surface area contributed by atoms with E-state index in [-0.39, 0.29) is 12.5 Å².